The average molecular weight is 784 g/mol. The molecule has 3 aromatic rings. The van der Waals surface area contributed by atoms with Crippen LogP contribution in [0.15, 0.2) is 48.5 Å². The minimum absolute atomic E-state index is 0.0410. The number of piperidine rings is 2. The van der Waals surface area contributed by atoms with Crippen molar-refractivity contribution in [2.45, 2.75) is 120 Å². The first-order chi connectivity index (χ1) is 27.0. The van der Waals surface area contributed by atoms with Gasteiger partial charge in [0.15, 0.2) is 0 Å². The van der Waals surface area contributed by atoms with Gasteiger partial charge in [0, 0.05) is 67.0 Å². The lowest BCUT2D eigenvalue weighted by Gasteiger charge is -2.57. The monoisotopic (exact) mass is 783 g/mol. The van der Waals surface area contributed by atoms with Crippen LogP contribution >= 0.6 is 11.6 Å². The normalized spacial score (nSPS) is 27.3. The van der Waals surface area contributed by atoms with E-state index in [9.17, 15) is 14.4 Å². The molecule has 0 aromatic heterocycles. The van der Waals surface area contributed by atoms with Gasteiger partial charge in [-0.2, -0.15) is 0 Å². The van der Waals surface area contributed by atoms with Crippen molar-refractivity contribution in [1.29, 1.82) is 0 Å². The van der Waals surface area contributed by atoms with Crippen molar-refractivity contribution in [3.8, 4) is 0 Å². The number of hydrogen-bond donors (Lipinski definition) is 2. The third-order valence-corrected chi connectivity index (χ3v) is 15.2. The number of rotatable bonds is 6. The number of halogens is 3. The quantitative estimate of drug-likeness (QED) is 0.243. The Morgan fingerprint density at radius 2 is 1.57 bits per heavy atom. The molecule has 3 aromatic carbocycles. The van der Waals surface area contributed by atoms with Crippen molar-refractivity contribution >= 4 is 46.4 Å². The fourth-order valence-electron chi connectivity index (χ4n) is 11.7. The van der Waals surface area contributed by atoms with Crippen molar-refractivity contribution in [2.75, 3.05) is 36.0 Å². The lowest BCUT2D eigenvalue weighted by molar-refractivity contribution is -0.134. The van der Waals surface area contributed by atoms with E-state index in [2.05, 4.69) is 45.1 Å². The van der Waals surface area contributed by atoms with Gasteiger partial charge in [0.25, 0.3) is 5.91 Å². The average Bonchev–Trinajstić information content (AvgIpc) is 3.40. The molecule has 5 fully saturated rings. The maximum Gasteiger partial charge on any atom is 0.252 e. The smallest absolute Gasteiger partial charge is 0.252 e. The van der Waals surface area contributed by atoms with Gasteiger partial charge in [0.1, 0.15) is 11.6 Å². The van der Waals surface area contributed by atoms with E-state index in [0.717, 1.165) is 83.2 Å². The van der Waals surface area contributed by atoms with Crippen LogP contribution in [0.25, 0.3) is 0 Å². The predicted molar refractivity (Wildman–Crippen MR) is 215 cm³/mol. The number of nitrogens with two attached hydrogens (primary N) is 1. The first-order valence-corrected chi connectivity index (χ1v) is 21.2. The Balaban J connectivity index is 0.839. The zero-order valence-electron chi connectivity index (χ0n) is 32.2. The Bertz CT molecular complexity index is 2040. The van der Waals surface area contributed by atoms with Crippen LogP contribution < -0.4 is 20.9 Å². The van der Waals surface area contributed by atoms with Crippen molar-refractivity contribution < 1.29 is 23.2 Å². The van der Waals surface area contributed by atoms with E-state index in [-0.39, 0.29) is 35.3 Å². The van der Waals surface area contributed by atoms with E-state index < -0.39 is 35.3 Å². The summed E-state index contributed by atoms with van der Waals surface area (Å²) >= 11 is 6.61. The Labute approximate surface area is 333 Å². The SMILES string of the molecule is CC1N(c2cccc(Cl)c2C(N)=O)c2cc(C3CCC(N4CC5(CCN(c6cc(F)c(C7CCC(=O)NC7=O)c(F)c6)CC5)C4)CC3)ccc2C12CCCCC2. The number of imide groups is 1. The number of carbonyl (C=O) groups is 3. The minimum Gasteiger partial charge on any atom is -0.371 e. The molecule has 8 nitrogen and oxygen atoms in total. The highest BCUT2D eigenvalue weighted by Crippen LogP contribution is 2.57. The van der Waals surface area contributed by atoms with E-state index >= 15 is 8.78 Å². The molecule has 9 rings (SSSR count). The summed E-state index contributed by atoms with van der Waals surface area (Å²) in [7, 11) is 0. The van der Waals surface area contributed by atoms with Crippen molar-refractivity contribution in [3.05, 3.63) is 87.4 Å². The molecule has 296 valence electrons. The molecule has 2 spiro atoms. The number of nitrogens with one attached hydrogen (secondary N) is 1. The second-order valence-electron chi connectivity index (χ2n) is 17.8. The van der Waals surface area contributed by atoms with Crippen LogP contribution in [0.2, 0.25) is 5.02 Å². The maximum absolute atomic E-state index is 15.3. The van der Waals surface area contributed by atoms with Gasteiger partial charge >= 0.3 is 0 Å². The lowest BCUT2D eigenvalue weighted by atomic mass is 9.66. The number of anilines is 3. The number of primary amides is 1. The number of amides is 3. The summed E-state index contributed by atoms with van der Waals surface area (Å²) < 4.78 is 30.5. The molecule has 11 heteroatoms. The first kappa shape index (κ1) is 37.6. The van der Waals surface area contributed by atoms with Crippen LogP contribution in [0.5, 0.6) is 0 Å². The molecule has 2 saturated carbocycles. The van der Waals surface area contributed by atoms with Gasteiger partial charge in [-0.1, -0.05) is 49.1 Å². The van der Waals surface area contributed by atoms with E-state index in [1.165, 1.54) is 48.2 Å². The molecule has 2 unspecified atom stereocenters. The van der Waals surface area contributed by atoms with Gasteiger partial charge < -0.3 is 15.5 Å². The molecule has 3 amide bonds. The van der Waals surface area contributed by atoms with Crippen LogP contribution in [-0.4, -0.2) is 60.9 Å². The number of benzene rings is 3. The Kier molecular flexibility index (Phi) is 9.67. The number of likely N-dealkylation sites (tertiary alicyclic amines) is 1. The van der Waals surface area contributed by atoms with E-state index in [1.807, 2.05) is 12.1 Å². The standard InChI is InChI=1S/C45H52ClF2N5O3/c1-27-45(16-3-2-4-17-45)33-14-10-29(22-38(33)53(27)37-7-5-6-34(46)41(37)42(49)55)28-8-11-30(12-9-28)52-25-44(26-52)18-20-51(21-19-44)31-23-35(47)40(36(48)24-31)32-13-15-39(54)50-43(32)56/h5-7,10,14,22-24,27-28,30,32H,2-4,8-9,11-13,15-21,25-26H2,1H3,(H2,49,55)(H,50,54,56). The molecule has 56 heavy (non-hydrogen) atoms. The molecular weight excluding hydrogens is 732 g/mol. The highest BCUT2D eigenvalue weighted by Gasteiger charge is 2.51. The minimum atomic E-state index is -0.989. The van der Waals surface area contributed by atoms with Crippen LogP contribution in [0.4, 0.5) is 25.8 Å². The lowest BCUT2D eigenvalue weighted by Crippen LogP contribution is -2.63. The van der Waals surface area contributed by atoms with E-state index in [1.54, 1.807) is 6.07 Å². The largest absolute Gasteiger partial charge is 0.371 e. The molecule has 2 atom stereocenters. The van der Waals surface area contributed by atoms with Crippen LogP contribution in [0, 0.1) is 17.0 Å². The number of carbonyl (C=O) groups excluding carboxylic acids is 3. The molecule has 0 radical (unpaired) electrons. The topological polar surface area (TPSA) is 99.0 Å². The number of nitrogens with zero attached hydrogens (tertiary/aromatic N) is 3. The van der Waals surface area contributed by atoms with Gasteiger partial charge in [-0.05, 0) is 118 Å². The Hall–Kier alpha value is -4.02. The van der Waals surface area contributed by atoms with Gasteiger partial charge in [-0.25, -0.2) is 8.78 Å². The zero-order valence-corrected chi connectivity index (χ0v) is 33.0. The summed E-state index contributed by atoms with van der Waals surface area (Å²) in [5.74, 6) is -3.50. The molecule has 3 N–H and O–H groups in total. The molecular formula is C45H52ClF2N5O3. The zero-order chi connectivity index (χ0) is 38.9. The second-order valence-corrected chi connectivity index (χ2v) is 18.2. The summed E-state index contributed by atoms with van der Waals surface area (Å²) in [5, 5.41) is 2.60. The Morgan fingerprint density at radius 1 is 0.875 bits per heavy atom. The first-order valence-electron chi connectivity index (χ1n) is 20.8. The van der Waals surface area contributed by atoms with Crippen LogP contribution in [0.1, 0.15) is 129 Å². The summed E-state index contributed by atoms with van der Waals surface area (Å²) in [6.45, 7) is 5.94. The van der Waals surface area contributed by atoms with Gasteiger partial charge in [-0.3, -0.25) is 24.6 Å². The predicted octanol–water partition coefficient (Wildman–Crippen LogP) is 8.61. The molecule has 4 aliphatic heterocycles. The van der Waals surface area contributed by atoms with Crippen LogP contribution in [0.3, 0.4) is 0 Å². The van der Waals surface area contributed by atoms with Crippen molar-refractivity contribution in [3.63, 3.8) is 0 Å². The van der Waals surface area contributed by atoms with Gasteiger partial charge in [-0.15, -0.1) is 0 Å². The summed E-state index contributed by atoms with van der Waals surface area (Å²) in [5.41, 5.74) is 11.7. The van der Waals surface area contributed by atoms with E-state index in [4.69, 9.17) is 17.3 Å². The van der Waals surface area contributed by atoms with E-state index in [0.29, 0.717) is 28.2 Å². The third-order valence-electron chi connectivity index (χ3n) is 14.9. The fraction of sp³-hybridized carbons (Fsp3) is 0.533. The summed E-state index contributed by atoms with van der Waals surface area (Å²) in [4.78, 5) is 43.7. The summed E-state index contributed by atoms with van der Waals surface area (Å²) in [6.07, 6.45) is 12.7. The van der Waals surface area contributed by atoms with Crippen LogP contribution in [-0.2, 0) is 15.0 Å². The molecule has 4 heterocycles. The molecule has 6 aliphatic rings. The van der Waals surface area contributed by atoms with Gasteiger partial charge in [0.2, 0.25) is 11.8 Å². The number of hydrogen-bond acceptors (Lipinski definition) is 6. The molecule has 3 saturated heterocycles. The maximum atomic E-state index is 15.3. The fourth-order valence-corrected chi connectivity index (χ4v) is 12.0. The summed E-state index contributed by atoms with van der Waals surface area (Å²) in [6, 6.07) is 16.3. The second kappa shape index (κ2) is 14.4. The van der Waals surface area contributed by atoms with Crippen molar-refractivity contribution in [2.24, 2.45) is 11.1 Å². The highest BCUT2D eigenvalue weighted by molar-refractivity contribution is 6.34. The number of fused-ring (bicyclic) bond motifs is 2. The highest BCUT2D eigenvalue weighted by atomic mass is 35.5. The van der Waals surface area contributed by atoms with Crippen molar-refractivity contribution in [1.82, 2.24) is 10.2 Å². The third kappa shape index (κ3) is 6.30. The molecule has 0 bridgehead atoms. The molecule has 2 aliphatic carbocycles. The van der Waals surface area contributed by atoms with Gasteiger partial charge in [0.05, 0.1) is 22.2 Å². The Morgan fingerprint density at radius 3 is 2.23 bits per heavy atom.